The lowest BCUT2D eigenvalue weighted by Gasteiger charge is -2.28. The molecule has 1 rings (SSSR count). The zero-order valence-electron chi connectivity index (χ0n) is 20.2. The van der Waals surface area contributed by atoms with Gasteiger partial charge in [0.1, 0.15) is 18.1 Å². The number of aliphatic carboxylic acids is 1. The molecule has 200 valence electrons. The molecule has 5 atom stereocenters. The fourth-order valence-electron chi connectivity index (χ4n) is 3.18. The molecule has 5 unspecified atom stereocenters. The first-order chi connectivity index (χ1) is 16.8. The second-order valence-corrected chi connectivity index (χ2v) is 8.40. The van der Waals surface area contributed by atoms with Crippen molar-refractivity contribution in [2.75, 3.05) is 0 Å². The number of hydrogen-bond donors (Lipinski definition) is 8. The zero-order chi connectivity index (χ0) is 27.4. The summed E-state index contributed by atoms with van der Waals surface area (Å²) in [5.74, 6) is -5.95. The highest BCUT2D eigenvalue weighted by Gasteiger charge is 2.33. The minimum Gasteiger partial charge on any atom is -0.480 e. The highest BCUT2D eigenvalue weighted by atomic mass is 16.4. The molecular formula is C21H34N8O7. The van der Waals surface area contributed by atoms with Crippen LogP contribution in [0.3, 0.4) is 0 Å². The normalized spacial score (nSPS) is 15.0. The number of carboxylic acids is 1. The lowest BCUT2D eigenvalue weighted by molar-refractivity contribution is -0.144. The molecule has 1 heterocycles. The zero-order valence-corrected chi connectivity index (χ0v) is 20.2. The number of carbonyl (C=O) groups is 6. The van der Waals surface area contributed by atoms with E-state index < -0.39 is 72.0 Å². The molecule has 0 aliphatic carbocycles. The number of imidazole rings is 1. The van der Waals surface area contributed by atoms with Gasteiger partial charge in [-0.15, -0.1) is 0 Å². The lowest BCUT2D eigenvalue weighted by Crippen LogP contribution is -2.59. The van der Waals surface area contributed by atoms with E-state index in [1.54, 1.807) is 13.8 Å². The van der Waals surface area contributed by atoms with Crippen LogP contribution in [-0.2, 0) is 35.2 Å². The molecule has 0 spiro atoms. The van der Waals surface area contributed by atoms with Crippen molar-refractivity contribution in [3.8, 4) is 0 Å². The summed E-state index contributed by atoms with van der Waals surface area (Å²) in [5.41, 5.74) is 16.7. The van der Waals surface area contributed by atoms with Gasteiger partial charge in [-0.1, -0.05) is 20.3 Å². The summed E-state index contributed by atoms with van der Waals surface area (Å²) in [6, 6.07) is -5.13. The van der Waals surface area contributed by atoms with Gasteiger partial charge in [0, 0.05) is 24.7 Å². The first-order valence-electron chi connectivity index (χ1n) is 11.3. The predicted octanol–water partition coefficient (Wildman–Crippen LogP) is -2.99. The number of primary amides is 2. The first-order valence-corrected chi connectivity index (χ1v) is 11.3. The van der Waals surface area contributed by atoms with Gasteiger partial charge in [-0.05, 0) is 12.3 Å². The van der Waals surface area contributed by atoms with Crippen LogP contribution in [0.15, 0.2) is 12.5 Å². The summed E-state index contributed by atoms with van der Waals surface area (Å²) in [6.07, 6.45) is 2.37. The molecule has 11 N–H and O–H groups in total. The molecule has 1 aromatic heterocycles. The Balaban J connectivity index is 3.01. The molecule has 0 saturated heterocycles. The number of H-pyrrole nitrogens is 1. The number of hydrogen-bond acceptors (Lipinski definition) is 8. The quantitative estimate of drug-likeness (QED) is 0.112. The third kappa shape index (κ3) is 10.1. The van der Waals surface area contributed by atoms with Crippen molar-refractivity contribution < 1.29 is 33.9 Å². The fourth-order valence-corrected chi connectivity index (χ4v) is 3.18. The van der Waals surface area contributed by atoms with Crippen LogP contribution in [0.4, 0.5) is 0 Å². The van der Waals surface area contributed by atoms with E-state index in [2.05, 4.69) is 25.9 Å². The van der Waals surface area contributed by atoms with Gasteiger partial charge >= 0.3 is 5.97 Å². The third-order valence-corrected chi connectivity index (χ3v) is 5.46. The molecule has 0 aliphatic heterocycles. The molecule has 15 nitrogen and oxygen atoms in total. The summed E-state index contributed by atoms with van der Waals surface area (Å²) >= 11 is 0. The van der Waals surface area contributed by atoms with Crippen LogP contribution in [-0.4, -0.2) is 74.7 Å². The minimum absolute atomic E-state index is 0.102. The molecule has 5 amide bonds. The number of carbonyl (C=O) groups excluding carboxylic acids is 5. The van der Waals surface area contributed by atoms with Gasteiger partial charge in [-0.25, -0.2) is 9.78 Å². The van der Waals surface area contributed by atoms with E-state index in [1.165, 1.54) is 12.5 Å². The Morgan fingerprint density at radius 1 is 1.00 bits per heavy atom. The van der Waals surface area contributed by atoms with Crippen molar-refractivity contribution in [1.82, 2.24) is 25.9 Å². The van der Waals surface area contributed by atoms with Gasteiger partial charge in [0.05, 0.1) is 18.8 Å². The molecular weight excluding hydrogens is 476 g/mol. The molecule has 0 aromatic carbocycles. The standard InChI is InChI=1S/C21H34N8O7/c1-3-10(2)17(20(34)28-14(21(35)36)7-16(24)31)29-19(33)13(4-5-15(23)30)27-18(32)12(22)6-11-8-25-9-26-11/h8-10,12-14,17H,3-7,22H2,1-2H3,(H2,23,30)(H2,24,31)(H,25,26)(H,27,32)(H,28,34)(H,29,33)(H,35,36). The molecule has 0 bridgehead atoms. The van der Waals surface area contributed by atoms with E-state index in [4.69, 9.17) is 17.2 Å². The minimum atomic E-state index is -1.59. The van der Waals surface area contributed by atoms with Gasteiger partial charge in [0.25, 0.3) is 0 Å². The van der Waals surface area contributed by atoms with Crippen LogP contribution in [0.5, 0.6) is 0 Å². The third-order valence-electron chi connectivity index (χ3n) is 5.46. The van der Waals surface area contributed by atoms with Crippen LogP contribution in [0.1, 0.15) is 45.2 Å². The number of amides is 5. The van der Waals surface area contributed by atoms with Crippen LogP contribution in [0.2, 0.25) is 0 Å². The maximum atomic E-state index is 13.1. The molecule has 1 aromatic rings. The second kappa shape index (κ2) is 14.4. The molecule has 0 aliphatic rings. The number of nitrogens with two attached hydrogens (primary N) is 3. The first kappa shape index (κ1) is 30.0. The Morgan fingerprint density at radius 3 is 2.14 bits per heavy atom. The SMILES string of the molecule is CCC(C)C(NC(=O)C(CCC(N)=O)NC(=O)C(N)Cc1cnc[nH]1)C(=O)NC(CC(N)=O)C(=O)O. The van der Waals surface area contributed by atoms with E-state index in [1.807, 2.05) is 0 Å². The van der Waals surface area contributed by atoms with E-state index in [-0.39, 0.29) is 19.3 Å². The van der Waals surface area contributed by atoms with Gasteiger partial charge in [-0.2, -0.15) is 0 Å². The fraction of sp³-hybridized carbons (Fsp3) is 0.571. The Labute approximate surface area is 207 Å². The van der Waals surface area contributed by atoms with E-state index in [0.29, 0.717) is 12.1 Å². The van der Waals surface area contributed by atoms with Crippen molar-refractivity contribution in [1.29, 1.82) is 0 Å². The number of aromatic nitrogens is 2. The van der Waals surface area contributed by atoms with Crippen LogP contribution in [0.25, 0.3) is 0 Å². The molecule has 0 saturated carbocycles. The van der Waals surface area contributed by atoms with E-state index >= 15 is 0 Å². The van der Waals surface area contributed by atoms with Crippen LogP contribution < -0.4 is 33.2 Å². The van der Waals surface area contributed by atoms with Crippen LogP contribution >= 0.6 is 0 Å². The average molecular weight is 511 g/mol. The summed E-state index contributed by atoms with van der Waals surface area (Å²) in [6.45, 7) is 3.39. The summed E-state index contributed by atoms with van der Waals surface area (Å²) in [4.78, 5) is 79.0. The number of aromatic amines is 1. The highest BCUT2D eigenvalue weighted by Crippen LogP contribution is 2.11. The van der Waals surface area contributed by atoms with Gasteiger partial charge < -0.3 is 43.2 Å². The molecule has 0 radical (unpaired) electrons. The monoisotopic (exact) mass is 510 g/mol. The van der Waals surface area contributed by atoms with Crippen LogP contribution in [0, 0.1) is 5.92 Å². The average Bonchev–Trinajstić information content (AvgIpc) is 3.31. The van der Waals surface area contributed by atoms with E-state index in [9.17, 15) is 33.9 Å². The molecule has 15 heteroatoms. The Kier molecular flexibility index (Phi) is 12.0. The summed E-state index contributed by atoms with van der Waals surface area (Å²) in [7, 11) is 0. The summed E-state index contributed by atoms with van der Waals surface area (Å²) < 4.78 is 0. The van der Waals surface area contributed by atoms with Crippen molar-refractivity contribution >= 4 is 35.5 Å². The second-order valence-electron chi connectivity index (χ2n) is 8.40. The lowest BCUT2D eigenvalue weighted by atomic mass is 9.97. The van der Waals surface area contributed by atoms with Crippen molar-refractivity contribution in [2.24, 2.45) is 23.1 Å². The van der Waals surface area contributed by atoms with Crippen molar-refractivity contribution in [2.45, 2.75) is 70.1 Å². The number of nitrogens with zero attached hydrogens (tertiary/aromatic N) is 1. The smallest absolute Gasteiger partial charge is 0.326 e. The van der Waals surface area contributed by atoms with Gasteiger partial charge in [-0.3, -0.25) is 24.0 Å². The van der Waals surface area contributed by atoms with Gasteiger partial charge in [0.2, 0.25) is 29.5 Å². The molecule has 0 fully saturated rings. The topological polar surface area (TPSA) is 265 Å². The largest absolute Gasteiger partial charge is 0.480 e. The Morgan fingerprint density at radius 2 is 1.64 bits per heavy atom. The predicted molar refractivity (Wildman–Crippen MR) is 125 cm³/mol. The number of rotatable bonds is 16. The summed E-state index contributed by atoms with van der Waals surface area (Å²) in [5, 5.41) is 16.4. The maximum Gasteiger partial charge on any atom is 0.326 e. The Bertz CT molecular complexity index is 937. The van der Waals surface area contributed by atoms with Crippen molar-refractivity contribution in [3.05, 3.63) is 18.2 Å². The van der Waals surface area contributed by atoms with E-state index in [0.717, 1.165) is 0 Å². The number of nitrogens with one attached hydrogen (secondary N) is 4. The van der Waals surface area contributed by atoms with Gasteiger partial charge in [0.15, 0.2) is 0 Å². The van der Waals surface area contributed by atoms with Crippen molar-refractivity contribution in [3.63, 3.8) is 0 Å². The number of carboxylic acid groups (broad SMARTS) is 1. The maximum absolute atomic E-state index is 13.1. The molecule has 36 heavy (non-hydrogen) atoms. The Hall–Kier alpha value is -4.01. The highest BCUT2D eigenvalue weighted by molar-refractivity contribution is 5.95.